The molecular formula is C30H46O6Si. The molecule has 0 bridgehead atoms. The zero-order valence-corrected chi connectivity index (χ0v) is 26.0. The van der Waals surface area contributed by atoms with Crippen molar-refractivity contribution in [1.29, 1.82) is 0 Å². The molecule has 2 aromatic rings. The quantitative estimate of drug-likeness (QED) is 0.285. The summed E-state index contributed by atoms with van der Waals surface area (Å²) in [7, 11) is 2.66. The molecule has 2 aromatic carbocycles. The number of ether oxygens (including phenoxy) is 4. The van der Waals surface area contributed by atoms with Gasteiger partial charge in [0.15, 0.2) is 11.5 Å². The summed E-state index contributed by atoms with van der Waals surface area (Å²) in [5, 5.41) is 13.2. The number of fused-ring (bicyclic) bond motifs is 3. The summed E-state index contributed by atoms with van der Waals surface area (Å²) >= 11 is 0. The van der Waals surface area contributed by atoms with E-state index in [0.717, 1.165) is 27.6 Å². The molecule has 0 radical (unpaired) electrons. The van der Waals surface area contributed by atoms with Crippen molar-refractivity contribution >= 4 is 19.1 Å². The maximum absolute atomic E-state index is 11.6. The number of hydrogen-bond acceptors (Lipinski definition) is 6. The fourth-order valence-electron chi connectivity index (χ4n) is 4.99. The summed E-state index contributed by atoms with van der Waals surface area (Å²) in [5.41, 5.74) is 2.17. The fourth-order valence-corrected chi connectivity index (χ4v) is 6.01. The maximum Gasteiger partial charge on any atom is 0.250 e. The van der Waals surface area contributed by atoms with E-state index >= 15 is 0 Å². The van der Waals surface area contributed by atoms with E-state index in [1.54, 1.807) is 21.3 Å². The largest absolute Gasteiger partial charge is 0.543 e. The maximum atomic E-state index is 11.6. The first-order chi connectivity index (χ1) is 17.1. The van der Waals surface area contributed by atoms with Gasteiger partial charge in [0.2, 0.25) is 8.32 Å². The van der Waals surface area contributed by atoms with Gasteiger partial charge in [-0.05, 0) is 65.2 Å². The first-order valence-corrected chi connectivity index (χ1v) is 15.9. The van der Waals surface area contributed by atoms with Gasteiger partial charge in [-0.1, -0.05) is 32.4 Å². The molecule has 0 saturated carbocycles. The van der Waals surface area contributed by atoms with Gasteiger partial charge < -0.3 is 28.5 Å². The molecule has 0 amide bonds. The van der Waals surface area contributed by atoms with Crippen molar-refractivity contribution in [2.75, 3.05) is 21.3 Å². The molecule has 0 spiro atoms. The van der Waals surface area contributed by atoms with Crippen molar-refractivity contribution in [3.8, 4) is 28.7 Å². The second-order valence-electron chi connectivity index (χ2n) is 12.2. The molecule has 37 heavy (non-hydrogen) atoms. The molecule has 6 nitrogen and oxygen atoms in total. The standard InChI is InChI=1S/C30H46O6Si/c1-17(2)14-15-22(31)30(8)19(4)35-28-23-20(27(34-11)26(33-10)18(3)25(23)32-9)16-21(24(28)30)36-37(12,13)29(5,6)7/h14,16,19,22,31H,15H2,1-13H3/t19-,22-,30-/m1/s1. The summed E-state index contributed by atoms with van der Waals surface area (Å²) in [6, 6.07) is 2.03. The molecule has 0 saturated heterocycles. The number of hydrogen-bond donors (Lipinski definition) is 1. The third-order valence-electron chi connectivity index (χ3n) is 8.51. The van der Waals surface area contributed by atoms with Crippen LogP contribution in [0.2, 0.25) is 18.1 Å². The van der Waals surface area contributed by atoms with Crippen molar-refractivity contribution in [3.05, 3.63) is 28.8 Å². The Labute approximate surface area is 224 Å². The van der Waals surface area contributed by atoms with Crippen LogP contribution in [0.15, 0.2) is 17.7 Å². The Kier molecular flexibility index (Phi) is 7.93. The van der Waals surface area contributed by atoms with Crippen molar-refractivity contribution in [1.82, 2.24) is 0 Å². The van der Waals surface area contributed by atoms with Crippen LogP contribution in [0.4, 0.5) is 0 Å². The van der Waals surface area contributed by atoms with Gasteiger partial charge in [0, 0.05) is 16.5 Å². The van der Waals surface area contributed by atoms with E-state index in [1.165, 1.54) is 5.57 Å². The number of rotatable bonds is 8. The number of aliphatic hydroxyl groups excluding tert-OH is 1. The Bertz CT molecular complexity index is 1210. The van der Waals surface area contributed by atoms with Crippen molar-refractivity contribution < 1.29 is 28.5 Å². The lowest BCUT2D eigenvalue weighted by atomic mass is 9.72. The van der Waals surface area contributed by atoms with E-state index < -0.39 is 19.8 Å². The van der Waals surface area contributed by atoms with E-state index in [-0.39, 0.29) is 11.1 Å². The highest BCUT2D eigenvalue weighted by Crippen LogP contribution is 2.59. The monoisotopic (exact) mass is 530 g/mol. The van der Waals surface area contributed by atoms with Crippen LogP contribution in [0.3, 0.4) is 0 Å². The molecule has 0 unspecified atom stereocenters. The average Bonchev–Trinajstić information content (AvgIpc) is 3.07. The third kappa shape index (κ3) is 4.69. The second kappa shape index (κ2) is 10.1. The molecular weight excluding hydrogens is 484 g/mol. The van der Waals surface area contributed by atoms with Crippen molar-refractivity contribution in [2.45, 2.75) is 97.6 Å². The Hall–Kier alpha value is -2.38. The van der Waals surface area contributed by atoms with Crippen LogP contribution in [-0.2, 0) is 5.41 Å². The highest BCUT2D eigenvalue weighted by atomic mass is 28.4. The molecule has 0 aromatic heterocycles. The molecule has 1 N–H and O–H groups in total. The number of benzene rings is 2. The van der Waals surface area contributed by atoms with E-state index in [2.05, 4.69) is 46.9 Å². The minimum Gasteiger partial charge on any atom is -0.543 e. The minimum absolute atomic E-state index is 0.0241. The first kappa shape index (κ1) is 29.2. The minimum atomic E-state index is -2.27. The number of methoxy groups -OCH3 is 3. The molecule has 3 rings (SSSR count). The zero-order chi connectivity index (χ0) is 28.1. The molecule has 1 heterocycles. The molecule has 0 aliphatic carbocycles. The van der Waals surface area contributed by atoms with Crippen LogP contribution in [0.1, 0.15) is 66.0 Å². The van der Waals surface area contributed by atoms with Gasteiger partial charge >= 0.3 is 0 Å². The van der Waals surface area contributed by atoms with Gasteiger partial charge in [-0.3, -0.25) is 0 Å². The van der Waals surface area contributed by atoms with Gasteiger partial charge in [-0.15, -0.1) is 0 Å². The van der Waals surface area contributed by atoms with Crippen LogP contribution in [0, 0.1) is 6.92 Å². The lowest BCUT2D eigenvalue weighted by molar-refractivity contribution is 0.0397. The Morgan fingerprint density at radius 2 is 1.68 bits per heavy atom. The molecule has 7 heteroatoms. The van der Waals surface area contributed by atoms with E-state index in [4.69, 9.17) is 23.4 Å². The summed E-state index contributed by atoms with van der Waals surface area (Å²) < 4.78 is 31.3. The highest BCUT2D eigenvalue weighted by molar-refractivity contribution is 6.74. The van der Waals surface area contributed by atoms with Crippen LogP contribution >= 0.6 is 0 Å². The number of allylic oxidation sites excluding steroid dienone is 1. The molecule has 1 aliphatic rings. The lowest BCUT2D eigenvalue weighted by Crippen LogP contribution is -2.46. The Balaban J connectivity index is 2.50. The predicted octanol–water partition coefficient (Wildman–Crippen LogP) is 7.31. The topological polar surface area (TPSA) is 66.4 Å². The first-order valence-electron chi connectivity index (χ1n) is 13.0. The van der Waals surface area contributed by atoms with Gasteiger partial charge in [0.05, 0.1) is 38.2 Å². The van der Waals surface area contributed by atoms with Crippen LogP contribution in [0.5, 0.6) is 28.7 Å². The van der Waals surface area contributed by atoms with Crippen LogP contribution in [-0.4, -0.2) is 47.0 Å². The molecule has 206 valence electrons. The molecule has 0 fully saturated rings. The van der Waals surface area contributed by atoms with Gasteiger partial charge in [-0.2, -0.15) is 0 Å². The lowest BCUT2D eigenvalue weighted by Gasteiger charge is -2.39. The predicted molar refractivity (Wildman–Crippen MR) is 154 cm³/mol. The smallest absolute Gasteiger partial charge is 0.250 e. The summed E-state index contributed by atoms with van der Waals surface area (Å²) in [6.07, 6.45) is 1.62. The SMILES string of the molecule is COc1c(C)c(OC)c2c3c(c(O[Si](C)(C)C(C)(C)C)cc2c1OC)[C@@](C)([C@H](O)CC=C(C)C)[C@@H](C)O3. The number of aliphatic hydroxyl groups is 1. The summed E-state index contributed by atoms with van der Waals surface area (Å²) in [6.45, 7) is 21.3. The van der Waals surface area contributed by atoms with Crippen molar-refractivity contribution in [3.63, 3.8) is 0 Å². The van der Waals surface area contributed by atoms with Gasteiger partial charge in [-0.25, -0.2) is 0 Å². The summed E-state index contributed by atoms with van der Waals surface area (Å²) in [4.78, 5) is 0. The molecule has 1 aliphatic heterocycles. The zero-order valence-electron chi connectivity index (χ0n) is 25.0. The van der Waals surface area contributed by atoms with Crippen LogP contribution < -0.4 is 23.4 Å². The van der Waals surface area contributed by atoms with Gasteiger partial charge in [0.25, 0.3) is 0 Å². The fraction of sp³-hybridized carbons (Fsp3) is 0.600. The second-order valence-corrected chi connectivity index (χ2v) is 16.9. The van der Waals surface area contributed by atoms with Crippen molar-refractivity contribution in [2.24, 2.45) is 0 Å². The van der Waals surface area contributed by atoms with Gasteiger partial charge in [0.1, 0.15) is 23.4 Å². The highest BCUT2D eigenvalue weighted by Gasteiger charge is 2.52. The van der Waals surface area contributed by atoms with E-state index in [9.17, 15) is 5.11 Å². The Morgan fingerprint density at radius 3 is 2.16 bits per heavy atom. The molecule has 3 atom stereocenters. The third-order valence-corrected chi connectivity index (χ3v) is 12.9. The Morgan fingerprint density at radius 1 is 1.11 bits per heavy atom. The average molecular weight is 531 g/mol. The normalized spacial score (nSPS) is 20.2. The van der Waals surface area contributed by atoms with E-state index in [0.29, 0.717) is 29.4 Å². The van der Waals surface area contributed by atoms with Crippen LogP contribution in [0.25, 0.3) is 10.8 Å². The van der Waals surface area contributed by atoms with E-state index in [1.807, 2.05) is 33.8 Å². The summed E-state index contributed by atoms with van der Waals surface area (Å²) in [5.74, 6) is 3.29.